The van der Waals surface area contributed by atoms with Crippen LogP contribution in [-0.4, -0.2) is 41.6 Å². The van der Waals surface area contributed by atoms with Crippen LogP contribution in [0.15, 0.2) is 0 Å². The lowest BCUT2D eigenvalue weighted by atomic mass is 10.0. The molecule has 1 aliphatic heterocycles. The van der Waals surface area contributed by atoms with Crippen molar-refractivity contribution >= 4 is 17.8 Å². The van der Waals surface area contributed by atoms with E-state index >= 15 is 0 Å². The number of rotatable bonds is 5. The summed E-state index contributed by atoms with van der Waals surface area (Å²) in [5.74, 6) is 0. The molecule has 1 heterocycles. The zero-order valence-corrected chi connectivity index (χ0v) is 11.5. The molecule has 0 spiro atoms. The van der Waals surface area contributed by atoms with Gasteiger partial charge in [0.15, 0.2) is 0 Å². The van der Waals surface area contributed by atoms with Crippen LogP contribution in [0.3, 0.4) is 0 Å². The molecule has 1 fully saturated rings. The van der Waals surface area contributed by atoms with E-state index in [1.807, 2.05) is 16.7 Å². The van der Waals surface area contributed by atoms with Crippen molar-refractivity contribution in [3.8, 4) is 0 Å². The van der Waals surface area contributed by atoms with Crippen LogP contribution < -0.4 is 5.32 Å². The molecule has 0 atom stereocenters. The molecule has 0 aromatic carbocycles. The van der Waals surface area contributed by atoms with Gasteiger partial charge in [0.25, 0.3) is 0 Å². The van der Waals surface area contributed by atoms with E-state index in [1.54, 1.807) is 0 Å². The standard InChI is InChI=1S/C12H24N2OS/c1-4-12(5-2,16-3)10-13-11(15)14-8-6-7-9-14/h4-10H2,1-3H3,(H,13,15). The van der Waals surface area contributed by atoms with Gasteiger partial charge in [0.05, 0.1) is 0 Å². The minimum absolute atomic E-state index is 0.123. The molecule has 0 aromatic heterocycles. The third kappa shape index (κ3) is 3.30. The number of nitrogens with zero attached hydrogens (tertiary/aromatic N) is 1. The summed E-state index contributed by atoms with van der Waals surface area (Å²) in [6.45, 7) is 7.03. The molecule has 4 heteroatoms. The maximum absolute atomic E-state index is 11.8. The van der Waals surface area contributed by atoms with Crippen LogP contribution in [0.5, 0.6) is 0 Å². The van der Waals surface area contributed by atoms with Gasteiger partial charge < -0.3 is 10.2 Å². The summed E-state index contributed by atoms with van der Waals surface area (Å²) in [4.78, 5) is 13.8. The Morgan fingerprint density at radius 1 is 1.31 bits per heavy atom. The summed E-state index contributed by atoms with van der Waals surface area (Å²) in [5, 5.41) is 3.08. The topological polar surface area (TPSA) is 32.3 Å². The summed E-state index contributed by atoms with van der Waals surface area (Å²) in [5.41, 5.74) is 0. The van der Waals surface area contributed by atoms with Gasteiger partial charge in [-0.15, -0.1) is 0 Å². The quantitative estimate of drug-likeness (QED) is 0.806. The highest BCUT2D eigenvalue weighted by Crippen LogP contribution is 2.29. The highest BCUT2D eigenvalue weighted by Gasteiger charge is 2.26. The van der Waals surface area contributed by atoms with Crippen LogP contribution in [0, 0.1) is 0 Å². The highest BCUT2D eigenvalue weighted by molar-refractivity contribution is 8.00. The molecule has 1 N–H and O–H groups in total. The molecule has 0 unspecified atom stereocenters. The molecule has 94 valence electrons. The van der Waals surface area contributed by atoms with Gasteiger partial charge in [-0.1, -0.05) is 13.8 Å². The zero-order valence-electron chi connectivity index (χ0n) is 10.7. The number of likely N-dealkylation sites (tertiary alicyclic amines) is 1. The van der Waals surface area contributed by atoms with E-state index in [4.69, 9.17) is 0 Å². The second kappa shape index (κ2) is 6.38. The molecule has 1 rings (SSSR count). The van der Waals surface area contributed by atoms with Crippen LogP contribution in [0.1, 0.15) is 39.5 Å². The van der Waals surface area contributed by atoms with E-state index in [-0.39, 0.29) is 10.8 Å². The van der Waals surface area contributed by atoms with Crippen LogP contribution in [-0.2, 0) is 0 Å². The van der Waals surface area contributed by atoms with Gasteiger partial charge in [0.1, 0.15) is 0 Å². The van der Waals surface area contributed by atoms with E-state index in [0.717, 1.165) is 45.3 Å². The second-order valence-electron chi connectivity index (χ2n) is 4.45. The first-order valence-corrected chi connectivity index (χ1v) is 7.48. The second-order valence-corrected chi connectivity index (χ2v) is 5.72. The lowest BCUT2D eigenvalue weighted by Gasteiger charge is -2.30. The van der Waals surface area contributed by atoms with Crippen molar-refractivity contribution in [1.29, 1.82) is 0 Å². The number of hydrogen-bond donors (Lipinski definition) is 1. The fourth-order valence-corrected chi connectivity index (χ4v) is 2.92. The van der Waals surface area contributed by atoms with E-state index in [9.17, 15) is 4.79 Å². The Morgan fingerprint density at radius 3 is 2.31 bits per heavy atom. The molecule has 0 bridgehead atoms. The van der Waals surface area contributed by atoms with Crippen molar-refractivity contribution in [3.63, 3.8) is 0 Å². The van der Waals surface area contributed by atoms with Crippen molar-refractivity contribution in [2.75, 3.05) is 25.9 Å². The van der Waals surface area contributed by atoms with E-state index in [0.29, 0.717) is 0 Å². The first-order chi connectivity index (χ1) is 7.67. The maximum Gasteiger partial charge on any atom is 0.317 e. The number of urea groups is 1. The third-order valence-corrected chi connectivity index (χ3v) is 5.26. The normalized spacial score (nSPS) is 16.6. The number of nitrogens with one attached hydrogen (secondary N) is 1. The van der Waals surface area contributed by atoms with Crippen molar-refractivity contribution < 1.29 is 4.79 Å². The molecular weight excluding hydrogens is 220 g/mol. The maximum atomic E-state index is 11.8. The number of carbonyl (C=O) groups is 1. The van der Waals surface area contributed by atoms with Gasteiger partial charge >= 0.3 is 6.03 Å². The Morgan fingerprint density at radius 2 is 1.88 bits per heavy atom. The van der Waals surface area contributed by atoms with Crippen molar-refractivity contribution in [3.05, 3.63) is 0 Å². The lowest BCUT2D eigenvalue weighted by Crippen LogP contribution is -2.45. The van der Waals surface area contributed by atoms with E-state index < -0.39 is 0 Å². The van der Waals surface area contributed by atoms with E-state index in [2.05, 4.69) is 25.4 Å². The zero-order chi connectivity index (χ0) is 12.0. The van der Waals surface area contributed by atoms with Crippen LogP contribution in [0.2, 0.25) is 0 Å². The van der Waals surface area contributed by atoms with Gasteiger partial charge in [-0.25, -0.2) is 4.79 Å². The molecule has 0 radical (unpaired) electrons. The van der Waals surface area contributed by atoms with Crippen molar-refractivity contribution in [2.24, 2.45) is 0 Å². The summed E-state index contributed by atoms with van der Waals surface area (Å²) in [7, 11) is 0. The Kier molecular flexibility index (Phi) is 5.46. The first kappa shape index (κ1) is 13.7. The summed E-state index contributed by atoms with van der Waals surface area (Å²) in [6, 6.07) is 0.123. The third-order valence-electron chi connectivity index (χ3n) is 3.68. The van der Waals surface area contributed by atoms with Crippen molar-refractivity contribution in [2.45, 2.75) is 44.3 Å². The van der Waals surface area contributed by atoms with Crippen molar-refractivity contribution in [1.82, 2.24) is 10.2 Å². The molecule has 1 saturated heterocycles. The molecule has 0 saturated carbocycles. The monoisotopic (exact) mass is 244 g/mol. The smallest absolute Gasteiger partial charge is 0.317 e. The molecule has 2 amide bonds. The Balaban J connectivity index is 2.39. The number of carbonyl (C=O) groups excluding carboxylic acids is 1. The molecule has 0 aliphatic carbocycles. The Labute approximate surface area is 103 Å². The number of thioether (sulfide) groups is 1. The molecule has 3 nitrogen and oxygen atoms in total. The summed E-state index contributed by atoms with van der Waals surface area (Å²) < 4.78 is 0.218. The Hall–Kier alpha value is -0.380. The fraction of sp³-hybridized carbons (Fsp3) is 0.917. The SMILES string of the molecule is CCC(CC)(CNC(=O)N1CCCC1)SC. The molecule has 16 heavy (non-hydrogen) atoms. The summed E-state index contributed by atoms with van der Waals surface area (Å²) >= 11 is 1.87. The fourth-order valence-electron chi connectivity index (χ4n) is 2.13. The molecular formula is C12H24N2OS. The van der Waals surface area contributed by atoms with Crippen LogP contribution in [0.25, 0.3) is 0 Å². The summed E-state index contributed by atoms with van der Waals surface area (Å²) in [6.07, 6.45) is 6.65. The van der Waals surface area contributed by atoms with Gasteiger partial charge in [0, 0.05) is 24.4 Å². The molecule has 0 aromatic rings. The number of hydrogen-bond acceptors (Lipinski definition) is 2. The predicted molar refractivity (Wildman–Crippen MR) is 71.0 cm³/mol. The minimum atomic E-state index is 0.123. The average molecular weight is 244 g/mol. The van der Waals surface area contributed by atoms with Gasteiger partial charge in [-0.3, -0.25) is 0 Å². The average Bonchev–Trinajstić information content (AvgIpc) is 2.85. The Bertz CT molecular complexity index is 215. The van der Waals surface area contributed by atoms with Crippen LogP contribution >= 0.6 is 11.8 Å². The van der Waals surface area contributed by atoms with Gasteiger partial charge in [-0.05, 0) is 31.9 Å². The van der Waals surface area contributed by atoms with Gasteiger partial charge in [0.2, 0.25) is 0 Å². The van der Waals surface area contributed by atoms with E-state index in [1.165, 1.54) is 0 Å². The number of amides is 2. The molecule has 1 aliphatic rings. The van der Waals surface area contributed by atoms with Gasteiger partial charge in [-0.2, -0.15) is 11.8 Å². The first-order valence-electron chi connectivity index (χ1n) is 6.25. The highest BCUT2D eigenvalue weighted by atomic mass is 32.2. The van der Waals surface area contributed by atoms with Crippen LogP contribution in [0.4, 0.5) is 4.79 Å². The minimum Gasteiger partial charge on any atom is -0.337 e. The predicted octanol–water partition coefficient (Wildman–Crippen LogP) is 2.71. The largest absolute Gasteiger partial charge is 0.337 e. The lowest BCUT2D eigenvalue weighted by molar-refractivity contribution is 0.207.